The van der Waals surface area contributed by atoms with E-state index < -0.39 is 22.9 Å². The number of rotatable bonds is 9. The number of aliphatic hydroxyl groups excluding tert-OH is 1. The molecule has 2 aromatic carbocycles. The number of hydrogen-bond acceptors (Lipinski definition) is 7. The van der Waals surface area contributed by atoms with E-state index in [0.29, 0.717) is 5.56 Å². The maximum absolute atomic E-state index is 12.9. The van der Waals surface area contributed by atoms with E-state index in [1.165, 1.54) is 12.1 Å². The molecule has 0 heterocycles. The molecule has 3 N–H and O–H groups in total. The molecule has 0 saturated heterocycles. The maximum Gasteiger partial charge on any atom is 0.341 e. The summed E-state index contributed by atoms with van der Waals surface area (Å²) >= 11 is 0. The minimum atomic E-state index is -1.19. The maximum atomic E-state index is 12.9. The van der Waals surface area contributed by atoms with Gasteiger partial charge in [-0.05, 0) is 18.9 Å². The number of nitrogens with zero attached hydrogens (tertiary/aromatic N) is 1. The van der Waals surface area contributed by atoms with Gasteiger partial charge in [0.2, 0.25) is 6.10 Å². The quantitative estimate of drug-likeness (QED) is 0.335. The van der Waals surface area contributed by atoms with Crippen molar-refractivity contribution in [2.24, 2.45) is 0 Å². The highest BCUT2D eigenvalue weighted by molar-refractivity contribution is 5.98. The van der Waals surface area contributed by atoms with Crippen molar-refractivity contribution in [1.82, 2.24) is 5.32 Å². The van der Waals surface area contributed by atoms with E-state index in [2.05, 4.69) is 10.6 Å². The summed E-state index contributed by atoms with van der Waals surface area (Å²) in [7, 11) is 0. The number of nitrogens with one attached hydrogen (secondary N) is 2. The van der Waals surface area contributed by atoms with Gasteiger partial charge in [0.1, 0.15) is 0 Å². The highest BCUT2D eigenvalue weighted by Gasteiger charge is 2.32. The standard InChI is InChI=1S/C20H21N3O6/c24-11-10-21-17-9-8-15(23(27)28)12-16(17)20(26)29-18(13-4-2-1-3-5-13)19(25)22-14-6-7-14/h1-5,8-9,12,14,18,21,24H,6-7,10-11H2,(H,22,25)/t18-/m0/s1. The molecule has 1 amide bonds. The van der Waals surface area contributed by atoms with Gasteiger partial charge in [0.15, 0.2) is 0 Å². The van der Waals surface area contributed by atoms with Gasteiger partial charge in [0, 0.05) is 36.0 Å². The van der Waals surface area contributed by atoms with Crippen LogP contribution >= 0.6 is 0 Å². The van der Waals surface area contributed by atoms with E-state index in [-0.39, 0.29) is 36.1 Å². The number of carbonyl (C=O) groups excluding carboxylic acids is 2. The Bertz CT molecular complexity index is 898. The number of amides is 1. The molecule has 0 bridgehead atoms. The van der Waals surface area contributed by atoms with Crippen molar-refractivity contribution in [2.75, 3.05) is 18.5 Å². The zero-order valence-electron chi connectivity index (χ0n) is 15.5. The fourth-order valence-electron chi connectivity index (χ4n) is 2.74. The van der Waals surface area contributed by atoms with E-state index in [1.54, 1.807) is 30.3 Å². The normalized spacial score (nSPS) is 14.0. The molecule has 0 radical (unpaired) electrons. The summed E-state index contributed by atoms with van der Waals surface area (Å²) in [5.41, 5.74) is 0.386. The van der Waals surface area contributed by atoms with Crippen LogP contribution in [0.5, 0.6) is 0 Å². The Labute approximate surface area is 166 Å². The van der Waals surface area contributed by atoms with Gasteiger partial charge in [-0.15, -0.1) is 0 Å². The molecule has 0 unspecified atom stereocenters. The number of ether oxygens (including phenoxy) is 1. The van der Waals surface area contributed by atoms with E-state index in [0.717, 1.165) is 18.9 Å². The number of non-ortho nitro benzene ring substituents is 1. The highest BCUT2D eigenvalue weighted by Crippen LogP contribution is 2.27. The molecule has 2 aromatic rings. The van der Waals surface area contributed by atoms with Crippen molar-refractivity contribution >= 4 is 23.3 Å². The molecule has 0 aromatic heterocycles. The van der Waals surface area contributed by atoms with Crippen molar-refractivity contribution in [3.05, 3.63) is 69.8 Å². The molecule has 9 nitrogen and oxygen atoms in total. The third-order valence-corrected chi connectivity index (χ3v) is 4.35. The molecule has 3 rings (SSSR count). The van der Waals surface area contributed by atoms with Crippen LogP contribution in [0.4, 0.5) is 11.4 Å². The van der Waals surface area contributed by atoms with Crippen LogP contribution in [0.1, 0.15) is 34.9 Å². The fourth-order valence-corrected chi connectivity index (χ4v) is 2.74. The lowest BCUT2D eigenvalue weighted by atomic mass is 10.1. The molecular weight excluding hydrogens is 378 g/mol. The van der Waals surface area contributed by atoms with E-state index in [9.17, 15) is 19.7 Å². The minimum Gasteiger partial charge on any atom is -0.444 e. The summed E-state index contributed by atoms with van der Waals surface area (Å²) in [6, 6.07) is 12.3. The Balaban J connectivity index is 1.88. The first-order chi connectivity index (χ1) is 14.0. The summed E-state index contributed by atoms with van der Waals surface area (Å²) in [6.45, 7) is -0.0513. The van der Waals surface area contributed by atoms with E-state index in [1.807, 2.05) is 0 Å². The Hall–Kier alpha value is -3.46. The number of aliphatic hydroxyl groups is 1. The van der Waals surface area contributed by atoms with Gasteiger partial charge in [-0.1, -0.05) is 30.3 Å². The average Bonchev–Trinajstić information content (AvgIpc) is 3.54. The number of carbonyl (C=O) groups is 2. The van der Waals surface area contributed by atoms with E-state index in [4.69, 9.17) is 9.84 Å². The van der Waals surface area contributed by atoms with Crippen LogP contribution in [-0.4, -0.2) is 41.1 Å². The molecule has 0 spiro atoms. The molecule has 1 aliphatic carbocycles. The van der Waals surface area contributed by atoms with Gasteiger partial charge in [-0.25, -0.2) is 4.79 Å². The predicted octanol–water partition coefficient (Wildman–Crippen LogP) is 2.18. The van der Waals surface area contributed by atoms with Gasteiger partial charge >= 0.3 is 5.97 Å². The van der Waals surface area contributed by atoms with Gasteiger partial charge < -0.3 is 20.5 Å². The van der Waals surface area contributed by atoms with Gasteiger partial charge in [0.25, 0.3) is 11.6 Å². The topological polar surface area (TPSA) is 131 Å². The second kappa shape index (κ2) is 9.16. The molecule has 29 heavy (non-hydrogen) atoms. The van der Waals surface area contributed by atoms with Crippen LogP contribution < -0.4 is 10.6 Å². The van der Waals surface area contributed by atoms with Crippen LogP contribution in [-0.2, 0) is 9.53 Å². The van der Waals surface area contributed by atoms with Crippen molar-refractivity contribution in [3.8, 4) is 0 Å². The summed E-state index contributed by atoms with van der Waals surface area (Å²) in [4.78, 5) is 36.0. The van der Waals surface area contributed by atoms with Gasteiger partial charge in [0.05, 0.1) is 17.1 Å². The molecule has 1 saturated carbocycles. The SMILES string of the molecule is O=C(O[C@H](C(=O)NC1CC1)c1ccccc1)c1cc([N+](=O)[O-])ccc1NCCO. The summed E-state index contributed by atoms with van der Waals surface area (Å²) < 4.78 is 5.49. The third kappa shape index (κ3) is 5.29. The summed E-state index contributed by atoms with van der Waals surface area (Å²) in [5, 5.41) is 25.8. The lowest BCUT2D eigenvalue weighted by Crippen LogP contribution is -2.33. The van der Waals surface area contributed by atoms with Crippen LogP contribution in [0.25, 0.3) is 0 Å². The van der Waals surface area contributed by atoms with Crippen molar-refractivity contribution in [2.45, 2.75) is 25.0 Å². The predicted molar refractivity (Wildman–Crippen MR) is 104 cm³/mol. The number of nitro benzene ring substituents is 1. The van der Waals surface area contributed by atoms with E-state index >= 15 is 0 Å². The van der Waals surface area contributed by atoms with Crippen LogP contribution in [0, 0.1) is 10.1 Å². The third-order valence-electron chi connectivity index (χ3n) is 4.35. The second-order valence-electron chi connectivity index (χ2n) is 6.62. The lowest BCUT2D eigenvalue weighted by Gasteiger charge is -2.19. The summed E-state index contributed by atoms with van der Waals surface area (Å²) in [6.07, 6.45) is 0.567. The molecule has 152 valence electrons. The van der Waals surface area contributed by atoms with Gasteiger partial charge in [-0.3, -0.25) is 14.9 Å². The van der Waals surface area contributed by atoms with Crippen molar-refractivity contribution in [3.63, 3.8) is 0 Å². The second-order valence-corrected chi connectivity index (χ2v) is 6.62. The Kier molecular flexibility index (Phi) is 6.40. The number of nitro groups is 1. The first kappa shape index (κ1) is 20.3. The van der Waals surface area contributed by atoms with Crippen LogP contribution in [0.3, 0.4) is 0 Å². The summed E-state index contributed by atoms with van der Waals surface area (Å²) in [5.74, 6) is -1.32. The van der Waals surface area contributed by atoms with Crippen molar-refractivity contribution < 1.29 is 24.4 Å². The fraction of sp³-hybridized carbons (Fsp3) is 0.300. The average molecular weight is 399 g/mol. The Morgan fingerprint density at radius 3 is 2.55 bits per heavy atom. The number of benzene rings is 2. The molecule has 0 aliphatic heterocycles. The molecule has 1 atom stereocenters. The molecular formula is C20H21N3O6. The van der Waals surface area contributed by atoms with Crippen LogP contribution in [0.15, 0.2) is 48.5 Å². The monoisotopic (exact) mass is 399 g/mol. The smallest absolute Gasteiger partial charge is 0.341 e. The minimum absolute atomic E-state index is 0.0759. The Morgan fingerprint density at radius 2 is 1.93 bits per heavy atom. The first-order valence-corrected chi connectivity index (χ1v) is 9.19. The molecule has 9 heteroatoms. The highest BCUT2D eigenvalue weighted by atomic mass is 16.6. The Morgan fingerprint density at radius 1 is 1.21 bits per heavy atom. The number of hydrogen-bond donors (Lipinski definition) is 3. The largest absolute Gasteiger partial charge is 0.444 e. The molecule has 1 aliphatic rings. The number of esters is 1. The zero-order chi connectivity index (χ0) is 20.8. The zero-order valence-corrected chi connectivity index (χ0v) is 15.5. The first-order valence-electron chi connectivity index (χ1n) is 9.19. The van der Waals surface area contributed by atoms with Crippen molar-refractivity contribution in [1.29, 1.82) is 0 Å². The van der Waals surface area contributed by atoms with Crippen LogP contribution in [0.2, 0.25) is 0 Å². The van der Waals surface area contributed by atoms with Gasteiger partial charge in [-0.2, -0.15) is 0 Å². The number of anilines is 1. The molecule has 1 fully saturated rings. The lowest BCUT2D eigenvalue weighted by molar-refractivity contribution is -0.384.